The lowest BCUT2D eigenvalue weighted by molar-refractivity contribution is -0.132. The van der Waals surface area contributed by atoms with Crippen LogP contribution >= 0.6 is 7.37 Å². The smallest absolute Gasteiger partial charge is 0.332 e. The number of carbonyl (C=O) groups excluding carboxylic acids is 1. The highest BCUT2D eigenvalue weighted by Crippen LogP contribution is 2.45. The van der Waals surface area contributed by atoms with Crippen molar-refractivity contribution in [1.29, 1.82) is 0 Å². The minimum Gasteiger partial charge on any atom is -0.410 e. The zero-order valence-electron chi connectivity index (χ0n) is 8.40. The number of nitrogens with two attached hydrogens (primary N) is 2. The Morgan fingerprint density at radius 2 is 1.86 bits per heavy atom. The third kappa shape index (κ3) is 4.87. The van der Waals surface area contributed by atoms with Crippen molar-refractivity contribution in [3.63, 3.8) is 0 Å². The van der Waals surface area contributed by atoms with Gasteiger partial charge in [-0.3, -0.25) is 4.57 Å². The summed E-state index contributed by atoms with van der Waals surface area (Å²) < 4.78 is 16.4. The van der Waals surface area contributed by atoms with Crippen LogP contribution in [0.5, 0.6) is 0 Å². The van der Waals surface area contributed by atoms with Crippen LogP contribution in [0.25, 0.3) is 0 Å². The van der Waals surface area contributed by atoms with Crippen LogP contribution in [0.15, 0.2) is 4.99 Å². The topological polar surface area (TPSA) is 108 Å². The van der Waals surface area contributed by atoms with E-state index >= 15 is 0 Å². The molecule has 0 saturated carbocycles. The van der Waals surface area contributed by atoms with Gasteiger partial charge in [0.25, 0.3) is 7.37 Å². The van der Waals surface area contributed by atoms with E-state index < -0.39 is 13.3 Å². The van der Waals surface area contributed by atoms with Crippen LogP contribution in [0.2, 0.25) is 0 Å². The molecule has 0 heterocycles. The molecule has 0 aliphatic carbocycles. The Morgan fingerprint density at radius 3 is 2.21 bits per heavy atom. The van der Waals surface area contributed by atoms with E-state index in [1.54, 1.807) is 13.8 Å². The number of guanidine groups is 1. The van der Waals surface area contributed by atoms with Crippen molar-refractivity contribution in [2.45, 2.75) is 13.8 Å². The molecule has 0 amide bonds. The maximum atomic E-state index is 11.7. The van der Waals surface area contributed by atoms with E-state index in [-0.39, 0.29) is 12.5 Å². The van der Waals surface area contributed by atoms with Crippen LogP contribution in [0.1, 0.15) is 13.8 Å². The van der Waals surface area contributed by atoms with E-state index in [1.807, 2.05) is 0 Å². The number of nitrogens with zero attached hydrogens (tertiary/aromatic N) is 1. The second-order valence-corrected chi connectivity index (χ2v) is 5.73. The van der Waals surface area contributed by atoms with Gasteiger partial charge in [0, 0.05) is 12.3 Å². The average Bonchev–Trinajstić information content (AvgIpc) is 2.14. The number of aliphatic imine (C=N–C) groups is 1. The molecule has 0 saturated heterocycles. The van der Waals surface area contributed by atoms with Gasteiger partial charge >= 0.3 is 5.97 Å². The average molecular weight is 221 g/mol. The second kappa shape index (κ2) is 5.65. The SMILES string of the molecule is CCP(=O)(CC)OC(=O)CN=C(N)N. The van der Waals surface area contributed by atoms with Crippen molar-refractivity contribution in [1.82, 2.24) is 0 Å². The van der Waals surface area contributed by atoms with Crippen LogP contribution in [-0.4, -0.2) is 30.8 Å². The van der Waals surface area contributed by atoms with Gasteiger partial charge in [0.05, 0.1) is 0 Å². The molecule has 0 fully saturated rings. The first-order valence-electron chi connectivity index (χ1n) is 4.29. The van der Waals surface area contributed by atoms with E-state index in [9.17, 15) is 9.36 Å². The molecule has 0 rings (SSSR count). The minimum absolute atomic E-state index is 0.190. The van der Waals surface area contributed by atoms with Gasteiger partial charge in [0.1, 0.15) is 6.54 Å². The predicted octanol–water partition coefficient (Wildman–Crippen LogP) is 0.121. The highest BCUT2D eigenvalue weighted by atomic mass is 31.2. The van der Waals surface area contributed by atoms with Crippen LogP contribution in [0, 0.1) is 0 Å². The third-order valence-corrected chi connectivity index (χ3v) is 4.09. The van der Waals surface area contributed by atoms with Crippen molar-refractivity contribution >= 4 is 19.3 Å². The Hall–Kier alpha value is -1.03. The van der Waals surface area contributed by atoms with Gasteiger partial charge in [-0.15, -0.1) is 0 Å². The third-order valence-electron chi connectivity index (χ3n) is 1.62. The molecule has 82 valence electrons. The predicted molar refractivity (Wildman–Crippen MR) is 55.5 cm³/mol. The van der Waals surface area contributed by atoms with Crippen molar-refractivity contribution in [3.8, 4) is 0 Å². The maximum Gasteiger partial charge on any atom is 0.332 e. The lowest BCUT2D eigenvalue weighted by Gasteiger charge is -2.13. The summed E-state index contributed by atoms with van der Waals surface area (Å²) in [5.74, 6) is -0.852. The fourth-order valence-electron chi connectivity index (χ4n) is 0.723. The fraction of sp³-hybridized carbons (Fsp3) is 0.714. The molecule has 14 heavy (non-hydrogen) atoms. The van der Waals surface area contributed by atoms with Crippen LogP contribution in [-0.2, 0) is 13.9 Å². The molecule has 0 aromatic heterocycles. The molecular weight excluding hydrogens is 205 g/mol. The van der Waals surface area contributed by atoms with Gasteiger partial charge in [-0.1, -0.05) is 13.8 Å². The van der Waals surface area contributed by atoms with Gasteiger partial charge in [-0.2, -0.15) is 0 Å². The Bertz CT molecular complexity index is 265. The van der Waals surface area contributed by atoms with Gasteiger partial charge in [0.15, 0.2) is 5.96 Å². The zero-order chi connectivity index (χ0) is 11.2. The summed E-state index contributed by atoms with van der Waals surface area (Å²) in [6, 6.07) is 0. The summed E-state index contributed by atoms with van der Waals surface area (Å²) in [4.78, 5) is 14.5. The molecule has 0 atom stereocenters. The first-order valence-corrected chi connectivity index (χ1v) is 6.29. The van der Waals surface area contributed by atoms with Gasteiger partial charge in [-0.25, -0.2) is 9.79 Å². The zero-order valence-corrected chi connectivity index (χ0v) is 9.29. The Balaban J connectivity index is 4.18. The molecule has 0 spiro atoms. The monoisotopic (exact) mass is 221 g/mol. The summed E-state index contributed by atoms with van der Waals surface area (Å²) >= 11 is 0. The van der Waals surface area contributed by atoms with E-state index in [1.165, 1.54) is 0 Å². The largest absolute Gasteiger partial charge is 0.410 e. The van der Waals surface area contributed by atoms with E-state index in [4.69, 9.17) is 16.0 Å². The van der Waals surface area contributed by atoms with Crippen molar-refractivity contribution in [2.24, 2.45) is 16.5 Å². The van der Waals surface area contributed by atoms with Crippen LogP contribution in [0.4, 0.5) is 0 Å². The molecule has 0 aromatic rings. The van der Waals surface area contributed by atoms with E-state index in [2.05, 4.69) is 4.99 Å². The molecule has 0 radical (unpaired) electrons. The lowest BCUT2D eigenvalue weighted by Crippen LogP contribution is -2.24. The van der Waals surface area contributed by atoms with Crippen molar-refractivity contribution in [3.05, 3.63) is 0 Å². The van der Waals surface area contributed by atoms with Crippen molar-refractivity contribution in [2.75, 3.05) is 18.9 Å². The molecule has 7 heteroatoms. The maximum absolute atomic E-state index is 11.7. The van der Waals surface area contributed by atoms with Gasteiger partial charge < -0.3 is 16.0 Å². The second-order valence-electron chi connectivity index (χ2n) is 2.65. The molecule has 0 aromatic carbocycles. The standard InChI is InChI=1S/C7H16N3O3P/c1-3-14(12,4-2)13-6(11)5-10-7(8)9/h3-5H2,1-2H3,(H4,8,9,10). The molecule has 0 aliphatic rings. The summed E-state index contributed by atoms with van der Waals surface area (Å²) in [5, 5.41) is 0. The Morgan fingerprint density at radius 1 is 1.36 bits per heavy atom. The quantitative estimate of drug-likeness (QED) is 0.389. The number of hydrogen-bond donors (Lipinski definition) is 2. The molecule has 4 N–H and O–H groups in total. The summed E-state index contributed by atoms with van der Waals surface area (Å²) in [7, 11) is -2.80. The first kappa shape index (κ1) is 13.0. The summed E-state index contributed by atoms with van der Waals surface area (Å²) in [6.45, 7) is 3.13. The molecule has 0 aliphatic heterocycles. The number of rotatable bonds is 5. The summed E-state index contributed by atoms with van der Waals surface area (Å²) in [5.41, 5.74) is 10.0. The van der Waals surface area contributed by atoms with E-state index in [0.29, 0.717) is 12.3 Å². The van der Waals surface area contributed by atoms with Crippen LogP contribution in [0.3, 0.4) is 0 Å². The van der Waals surface area contributed by atoms with Crippen molar-refractivity contribution < 1.29 is 13.9 Å². The Kier molecular flexibility index (Phi) is 5.23. The normalized spacial score (nSPS) is 10.7. The molecule has 6 nitrogen and oxygen atoms in total. The summed E-state index contributed by atoms with van der Waals surface area (Å²) in [6.07, 6.45) is 0.661. The molecular formula is C7H16N3O3P. The molecule has 0 bridgehead atoms. The highest BCUT2D eigenvalue weighted by Gasteiger charge is 2.21. The number of hydrogen-bond acceptors (Lipinski definition) is 4. The van der Waals surface area contributed by atoms with E-state index in [0.717, 1.165) is 0 Å². The lowest BCUT2D eigenvalue weighted by atomic mass is 10.7. The van der Waals surface area contributed by atoms with Gasteiger partial charge in [0.2, 0.25) is 0 Å². The first-order chi connectivity index (χ1) is 6.43. The van der Waals surface area contributed by atoms with Gasteiger partial charge in [-0.05, 0) is 0 Å². The highest BCUT2D eigenvalue weighted by molar-refractivity contribution is 7.59. The molecule has 0 unspecified atom stereocenters. The minimum atomic E-state index is -2.80. The number of carbonyl (C=O) groups is 1. The van der Waals surface area contributed by atoms with Crippen LogP contribution < -0.4 is 11.5 Å². The Labute approximate surface area is 83.2 Å². The fourth-order valence-corrected chi connectivity index (χ4v) is 1.86.